The van der Waals surface area contributed by atoms with Gasteiger partial charge in [-0.1, -0.05) is 18.2 Å². The second kappa shape index (κ2) is 7.35. The predicted octanol–water partition coefficient (Wildman–Crippen LogP) is 4.03. The number of carbonyl (C=O) groups excluding carboxylic acids is 1. The van der Waals surface area contributed by atoms with Crippen LogP contribution in [0.4, 0.5) is 17.1 Å². The Labute approximate surface area is 164 Å². The number of para-hydroxylation sites is 1. The van der Waals surface area contributed by atoms with E-state index in [0.29, 0.717) is 16.8 Å². The number of nitrogens with zero attached hydrogens (tertiary/aromatic N) is 2. The van der Waals surface area contributed by atoms with Gasteiger partial charge in [-0.25, -0.2) is 0 Å². The number of hydrogen-bond acceptors (Lipinski definition) is 3. The van der Waals surface area contributed by atoms with Gasteiger partial charge in [0.1, 0.15) is 0 Å². The van der Waals surface area contributed by atoms with E-state index < -0.39 is 0 Å². The quantitative estimate of drug-likeness (QED) is 0.754. The van der Waals surface area contributed by atoms with Crippen molar-refractivity contribution in [3.05, 3.63) is 87.8 Å². The van der Waals surface area contributed by atoms with Crippen molar-refractivity contribution in [2.75, 3.05) is 16.8 Å². The maximum atomic E-state index is 12.6. The molecule has 0 unspecified atom stereocenters. The highest BCUT2D eigenvalue weighted by Gasteiger charge is 2.18. The molecule has 1 aliphatic rings. The number of aromatic nitrogens is 1. The predicted molar refractivity (Wildman–Crippen MR) is 113 cm³/mol. The molecule has 0 radical (unpaired) electrons. The molecule has 1 amide bonds. The average Bonchev–Trinajstić information content (AvgIpc) is 2.71. The Kier molecular flexibility index (Phi) is 4.74. The molecule has 1 N–H and O–H groups in total. The van der Waals surface area contributed by atoms with Crippen molar-refractivity contribution in [2.45, 2.75) is 19.8 Å². The number of hydrogen-bond donors (Lipinski definition) is 1. The first kappa shape index (κ1) is 18.0. The lowest BCUT2D eigenvalue weighted by atomic mass is 10.0. The van der Waals surface area contributed by atoms with E-state index in [9.17, 15) is 9.59 Å². The van der Waals surface area contributed by atoms with E-state index in [4.69, 9.17) is 0 Å². The second-order valence-electron chi connectivity index (χ2n) is 7.21. The van der Waals surface area contributed by atoms with Crippen LogP contribution in [-0.4, -0.2) is 17.0 Å². The Bertz CT molecular complexity index is 1060. The van der Waals surface area contributed by atoms with E-state index >= 15 is 0 Å². The van der Waals surface area contributed by atoms with Crippen LogP contribution in [0, 0.1) is 6.92 Å². The van der Waals surface area contributed by atoms with Crippen LogP contribution in [0.2, 0.25) is 0 Å². The summed E-state index contributed by atoms with van der Waals surface area (Å²) in [6.07, 6.45) is 3.85. The Balaban J connectivity index is 1.54. The summed E-state index contributed by atoms with van der Waals surface area (Å²) in [6, 6.07) is 17.8. The smallest absolute Gasteiger partial charge is 0.255 e. The number of pyridine rings is 1. The number of amides is 1. The lowest BCUT2D eigenvalue weighted by Gasteiger charge is -2.31. The van der Waals surface area contributed by atoms with E-state index in [-0.39, 0.29) is 11.5 Å². The molecular formula is C23H23N3O2. The molecule has 4 rings (SSSR count). The zero-order valence-corrected chi connectivity index (χ0v) is 16.1. The molecule has 2 aromatic carbocycles. The number of nitrogens with one attached hydrogen (secondary N) is 1. The minimum Gasteiger partial charge on any atom is -0.341 e. The lowest BCUT2D eigenvalue weighted by Crippen LogP contribution is -2.24. The van der Waals surface area contributed by atoms with E-state index in [1.807, 2.05) is 24.3 Å². The zero-order chi connectivity index (χ0) is 19.7. The van der Waals surface area contributed by atoms with Gasteiger partial charge in [0, 0.05) is 42.3 Å². The normalized spacial score (nSPS) is 13.1. The molecule has 142 valence electrons. The van der Waals surface area contributed by atoms with Crippen LogP contribution in [0.1, 0.15) is 27.9 Å². The van der Waals surface area contributed by atoms with Gasteiger partial charge in [-0.05, 0) is 61.7 Å². The number of rotatable bonds is 3. The topological polar surface area (TPSA) is 54.3 Å². The fourth-order valence-corrected chi connectivity index (χ4v) is 3.74. The molecule has 0 fully saturated rings. The molecule has 0 bridgehead atoms. The highest BCUT2D eigenvalue weighted by atomic mass is 16.1. The van der Waals surface area contributed by atoms with Crippen LogP contribution in [0.15, 0.2) is 65.6 Å². The minimum absolute atomic E-state index is 0.0656. The van der Waals surface area contributed by atoms with Gasteiger partial charge in [-0.15, -0.1) is 0 Å². The van der Waals surface area contributed by atoms with Crippen LogP contribution < -0.4 is 15.8 Å². The maximum absolute atomic E-state index is 12.6. The number of carbonyl (C=O) groups is 1. The Hall–Kier alpha value is -3.34. The van der Waals surface area contributed by atoms with Crippen molar-refractivity contribution >= 4 is 23.0 Å². The highest BCUT2D eigenvalue weighted by molar-refractivity contribution is 6.04. The largest absolute Gasteiger partial charge is 0.341 e. The summed E-state index contributed by atoms with van der Waals surface area (Å²) in [5, 5.41) is 2.87. The summed E-state index contributed by atoms with van der Waals surface area (Å²) >= 11 is 0. The lowest BCUT2D eigenvalue weighted by molar-refractivity contribution is 0.102. The van der Waals surface area contributed by atoms with Crippen LogP contribution in [0.3, 0.4) is 0 Å². The van der Waals surface area contributed by atoms with Gasteiger partial charge in [0.05, 0.1) is 5.69 Å². The summed E-state index contributed by atoms with van der Waals surface area (Å²) in [6.45, 7) is 2.71. The Morgan fingerprint density at radius 2 is 1.82 bits per heavy atom. The summed E-state index contributed by atoms with van der Waals surface area (Å²) in [4.78, 5) is 26.7. The molecule has 28 heavy (non-hydrogen) atoms. The summed E-state index contributed by atoms with van der Waals surface area (Å²) in [5.74, 6) is -0.191. The first-order valence-corrected chi connectivity index (χ1v) is 9.47. The molecule has 1 aromatic heterocycles. The van der Waals surface area contributed by atoms with Gasteiger partial charge in [-0.3, -0.25) is 9.59 Å². The first-order chi connectivity index (χ1) is 13.5. The minimum atomic E-state index is -0.191. The molecule has 0 aliphatic carbocycles. The molecule has 0 atom stereocenters. The molecule has 0 saturated heterocycles. The number of benzene rings is 2. The number of anilines is 3. The van der Waals surface area contributed by atoms with Gasteiger partial charge in [0.25, 0.3) is 11.5 Å². The van der Waals surface area contributed by atoms with Crippen LogP contribution >= 0.6 is 0 Å². The number of fused-ring (bicyclic) bond motifs is 1. The molecular weight excluding hydrogens is 350 g/mol. The SMILES string of the molecule is Cc1cc(NC(=O)c2ccc(N3CCCc4ccccc43)cc2)cn(C)c1=O. The van der Waals surface area contributed by atoms with Gasteiger partial charge in [-0.2, -0.15) is 0 Å². The van der Waals surface area contributed by atoms with Crippen molar-refractivity contribution in [1.29, 1.82) is 0 Å². The highest BCUT2D eigenvalue weighted by Crippen LogP contribution is 2.33. The molecule has 1 aliphatic heterocycles. The molecule has 2 heterocycles. The number of aryl methyl sites for hydroxylation is 3. The van der Waals surface area contributed by atoms with Gasteiger partial charge in [0.2, 0.25) is 0 Å². The molecule has 0 saturated carbocycles. The van der Waals surface area contributed by atoms with Crippen molar-refractivity contribution in [3.8, 4) is 0 Å². The average molecular weight is 373 g/mol. The maximum Gasteiger partial charge on any atom is 0.255 e. The fraction of sp³-hybridized carbons (Fsp3) is 0.217. The third-order valence-corrected chi connectivity index (χ3v) is 5.17. The Morgan fingerprint density at radius 3 is 2.57 bits per heavy atom. The Morgan fingerprint density at radius 1 is 1.07 bits per heavy atom. The molecule has 5 nitrogen and oxygen atoms in total. The van der Waals surface area contributed by atoms with E-state index in [2.05, 4.69) is 34.5 Å². The first-order valence-electron chi connectivity index (χ1n) is 9.47. The zero-order valence-electron chi connectivity index (χ0n) is 16.1. The third-order valence-electron chi connectivity index (χ3n) is 5.17. The van der Waals surface area contributed by atoms with Crippen molar-refractivity contribution in [2.24, 2.45) is 7.05 Å². The van der Waals surface area contributed by atoms with E-state index in [1.165, 1.54) is 15.8 Å². The van der Waals surface area contributed by atoms with Crippen LogP contribution in [0.25, 0.3) is 0 Å². The van der Waals surface area contributed by atoms with Gasteiger partial charge < -0.3 is 14.8 Å². The van der Waals surface area contributed by atoms with Crippen LogP contribution in [0.5, 0.6) is 0 Å². The standard InChI is InChI=1S/C23H23N3O2/c1-16-14-19(15-25(2)23(16)28)24-22(27)18-9-11-20(12-10-18)26-13-5-7-17-6-3-4-8-21(17)26/h3-4,6,8-12,14-15H,5,7,13H2,1-2H3,(H,24,27). The van der Waals surface area contributed by atoms with E-state index in [0.717, 1.165) is 25.1 Å². The van der Waals surface area contributed by atoms with Gasteiger partial charge in [0.15, 0.2) is 0 Å². The summed E-state index contributed by atoms with van der Waals surface area (Å²) in [7, 11) is 1.68. The van der Waals surface area contributed by atoms with Crippen molar-refractivity contribution < 1.29 is 4.79 Å². The molecule has 5 heteroatoms. The fourth-order valence-electron chi connectivity index (χ4n) is 3.74. The second-order valence-corrected chi connectivity index (χ2v) is 7.21. The van der Waals surface area contributed by atoms with Crippen molar-refractivity contribution in [1.82, 2.24) is 4.57 Å². The van der Waals surface area contributed by atoms with Crippen molar-refractivity contribution in [3.63, 3.8) is 0 Å². The third kappa shape index (κ3) is 3.43. The summed E-state index contributed by atoms with van der Waals surface area (Å²) < 4.78 is 1.47. The molecule has 3 aromatic rings. The molecule has 0 spiro atoms. The van der Waals surface area contributed by atoms with Gasteiger partial charge >= 0.3 is 0 Å². The van der Waals surface area contributed by atoms with E-state index in [1.54, 1.807) is 26.2 Å². The summed E-state index contributed by atoms with van der Waals surface area (Å²) in [5.41, 5.74) is 5.41. The monoisotopic (exact) mass is 373 g/mol. The van der Waals surface area contributed by atoms with Crippen LogP contribution in [-0.2, 0) is 13.5 Å².